The summed E-state index contributed by atoms with van der Waals surface area (Å²) in [6, 6.07) is 5.50. The number of carbonyl (C=O) groups is 1. The second-order valence-electron chi connectivity index (χ2n) is 6.41. The predicted octanol–water partition coefficient (Wildman–Crippen LogP) is 2.01. The highest BCUT2D eigenvalue weighted by atomic mass is 16.5. The normalized spacial score (nSPS) is 10.8. The third-order valence-electron chi connectivity index (χ3n) is 4.67. The van der Waals surface area contributed by atoms with Crippen LogP contribution in [0.15, 0.2) is 30.7 Å². The first-order valence-electron chi connectivity index (χ1n) is 9.49. The maximum absolute atomic E-state index is 12.5. The first-order valence-corrected chi connectivity index (χ1v) is 9.49. The highest BCUT2D eigenvalue weighted by molar-refractivity contribution is 5.87. The van der Waals surface area contributed by atoms with Gasteiger partial charge in [-0.05, 0) is 31.5 Å². The van der Waals surface area contributed by atoms with Gasteiger partial charge in [0.25, 0.3) is 0 Å². The first kappa shape index (κ1) is 20.4. The van der Waals surface area contributed by atoms with Crippen molar-refractivity contribution in [2.45, 2.75) is 26.9 Å². The molecule has 2 aromatic heterocycles. The summed E-state index contributed by atoms with van der Waals surface area (Å²) in [5.74, 6) is 2.01. The molecule has 0 atom stereocenters. The van der Waals surface area contributed by atoms with Gasteiger partial charge in [-0.2, -0.15) is 5.10 Å². The minimum atomic E-state index is -0.167. The Balaban J connectivity index is 1.71. The van der Waals surface area contributed by atoms with Crippen LogP contribution in [0.1, 0.15) is 19.4 Å². The molecule has 0 aliphatic heterocycles. The summed E-state index contributed by atoms with van der Waals surface area (Å²) in [6.45, 7) is 6.23. The highest BCUT2D eigenvalue weighted by Crippen LogP contribution is 2.23. The van der Waals surface area contributed by atoms with Crippen LogP contribution in [0, 0.1) is 0 Å². The second kappa shape index (κ2) is 9.22. The molecule has 0 bridgehead atoms. The molecule has 29 heavy (non-hydrogen) atoms. The highest BCUT2D eigenvalue weighted by Gasteiger charge is 2.15. The number of aromatic nitrogens is 4. The molecule has 9 heteroatoms. The van der Waals surface area contributed by atoms with Gasteiger partial charge in [-0.15, -0.1) is 0 Å². The number of anilines is 1. The summed E-state index contributed by atoms with van der Waals surface area (Å²) in [7, 11) is 3.18. The summed E-state index contributed by atoms with van der Waals surface area (Å²) >= 11 is 0. The fourth-order valence-electron chi connectivity index (χ4n) is 3.13. The average Bonchev–Trinajstić information content (AvgIpc) is 3.16. The topological polar surface area (TPSA) is 94.4 Å². The monoisotopic (exact) mass is 398 g/mol. The first-order chi connectivity index (χ1) is 14.1. The SMILES string of the molecule is CCN(CC)c1ncnc2c1cnn2CC(=O)NCc1cc(OC)cc(OC)c1. The van der Waals surface area contributed by atoms with Gasteiger partial charge in [0.1, 0.15) is 30.2 Å². The third kappa shape index (κ3) is 4.56. The van der Waals surface area contributed by atoms with Crippen molar-refractivity contribution in [2.24, 2.45) is 0 Å². The molecule has 1 N–H and O–H groups in total. The minimum absolute atomic E-state index is 0.0688. The van der Waals surface area contributed by atoms with E-state index in [0.29, 0.717) is 23.7 Å². The van der Waals surface area contributed by atoms with Gasteiger partial charge in [0.05, 0.1) is 25.8 Å². The number of rotatable bonds is 9. The molecule has 0 saturated carbocycles. The third-order valence-corrected chi connectivity index (χ3v) is 4.67. The van der Waals surface area contributed by atoms with Gasteiger partial charge in [0, 0.05) is 25.7 Å². The molecule has 0 spiro atoms. The molecule has 0 saturated heterocycles. The van der Waals surface area contributed by atoms with Gasteiger partial charge in [0.2, 0.25) is 5.91 Å². The fraction of sp³-hybridized carbons (Fsp3) is 0.400. The predicted molar refractivity (Wildman–Crippen MR) is 110 cm³/mol. The lowest BCUT2D eigenvalue weighted by atomic mass is 10.2. The van der Waals surface area contributed by atoms with Crippen molar-refractivity contribution in [1.82, 2.24) is 25.1 Å². The lowest BCUT2D eigenvalue weighted by Gasteiger charge is -2.19. The van der Waals surface area contributed by atoms with E-state index in [0.717, 1.165) is 29.9 Å². The van der Waals surface area contributed by atoms with Crippen LogP contribution in [0.2, 0.25) is 0 Å². The standard InChI is InChI=1S/C20H26N6O3/c1-5-25(6-2)19-17-11-24-26(20(17)23-13-22-19)12-18(27)21-10-14-7-15(28-3)9-16(8-14)29-4/h7-9,11,13H,5-6,10,12H2,1-4H3,(H,21,27). The van der Waals surface area contributed by atoms with Crippen molar-refractivity contribution in [3.63, 3.8) is 0 Å². The number of fused-ring (bicyclic) bond motifs is 1. The lowest BCUT2D eigenvalue weighted by Crippen LogP contribution is -2.27. The molecule has 0 fully saturated rings. The number of ether oxygens (including phenoxy) is 2. The van der Waals surface area contributed by atoms with Crippen LogP contribution in [-0.4, -0.2) is 53.0 Å². The zero-order valence-electron chi connectivity index (χ0n) is 17.2. The van der Waals surface area contributed by atoms with Crippen LogP contribution < -0.4 is 19.7 Å². The van der Waals surface area contributed by atoms with E-state index in [1.165, 1.54) is 6.33 Å². The van der Waals surface area contributed by atoms with Crippen LogP contribution in [-0.2, 0) is 17.9 Å². The molecule has 1 amide bonds. The lowest BCUT2D eigenvalue weighted by molar-refractivity contribution is -0.121. The molecule has 2 heterocycles. The molecule has 3 aromatic rings. The van der Waals surface area contributed by atoms with Crippen molar-refractivity contribution in [1.29, 1.82) is 0 Å². The van der Waals surface area contributed by atoms with Crippen LogP contribution in [0.4, 0.5) is 5.82 Å². The van der Waals surface area contributed by atoms with Crippen LogP contribution in [0.3, 0.4) is 0 Å². The molecule has 0 aliphatic carbocycles. The smallest absolute Gasteiger partial charge is 0.242 e. The molecule has 0 aliphatic rings. The number of amides is 1. The molecule has 0 unspecified atom stereocenters. The Morgan fingerprint density at radius 1 is 1.10 bits per heavy atom. The summed E-state index contributed by atoms with van der Waals surface area (Å²) in [6.07, 6.45) is 3.22. The Bertz CT molecular complexity index is 961. The van der Waals surface area contributed by atoms with E-state index in [1.54, 1.807) is 31.2 Å². The van der Waals surface area contributed by atoms with E-state index < -0.39 is 0 Å². The van der Waals surface area contributed by atoms with E-state index in [9.17, 15) is 4.79 Å². The number of nitrogens with zero attached hydrogens (tertiary/aromatic N) is 5. The number of nitrogens with one attached hydrogen (secondary N) is 1. The number of hydrogen-bond acceptors (Lipinski definition) is 7. The zero-order valence-corrected chi connectivity index (χ0v) is 17.2. The molecule has 9 nitrogen and oxygen atoms in total. The summed E-state index contributed by atoms with van der Waals surface area (Å²) in [5.41, 5.74) is 1.52. The number of methoxy groups -OCH3 is 2. The van der Waals surface area contributed by atoms with Gasteiger partial charge in [-0.1, -0.05) is 0 Å². The van der Waals surface area contributed by atoms with Gasteiger partial charge < -0.3 is 19.7 Å². The second-order valence-corrected chi connectivity index (χ2v) is 6.41. The quantitative estimate of drug-likeness (QED) is 0.589. The molecule has 3 rings (SSSR count). The van der Waals surface area contributed by atoms with Gasteiger partial charge >= 0.3 is 0 Å². The van der Waals surface area contributed by atoms with E-state index >= 15 is 0 Å². The van der Waals surface area contributed by atoms with Crippen molar-refractivity contribution < 1.29 is 14.3 Å². The van der Waals surface area contributed by atoms with Crippen LogP contribution in [0.25, 0.3) is 11.0 Å². The van der Waals surface area contributed by atoms with Crippen molar-refractivity contribution in [3.05, 3.63) is 36.3 Å². The van der Waals surface area contributed by atoms with Gasteiger partial charge in [-0.3, -0.25) is 4.79 Å². The molecule has 0 radical (unpaired) electrons. The Hall–Kier alpha value is -3.36. The fourth-order valence-corrected chi connectivity index (χ4v) is 3.13. The minimum Gasteiger partial charge on any atom is -0.497 e. The number of carbonyl (C=O) groups excluding carboxylic acids is 1. The van der Waals surface area contributed by atoms with Gasteiger partial charge in [-0.25, -0.2) is 14.6 Å². The molecule has 1 aromatic carbocycles. The van der Waals surface area contributed by atoms with Crippen molar-refractivity contribution in [3.8, 4) is 11.5 Å². The van der Waals surface area contributed by atoms with E-state index in [4.69, 9.17) is 9.47 Å². The number of benzene rings is 1. The van der Waals surface area contributed by atoms with E-state index in [-0.39, 0.29) is 12.5 Å². The maximum Gasteiger partial charge on any atom is 0.242 e. The maximum atomic E-state index is 12.5. The Morgan fingerprint density at radius 2 is 1.79 bits per heavy atom. The van der Waals surface area contributed by atoms with Crippen LogP contribution in [0.5, 0.6) is 11.5 Å². The van der Waals surface area contributed by atoms with Crippen molar-refractivity contribution in [2.75, 3.05) is 32.2 Å². The Morgan fingerprint density at radius 3 is 2.41 bits per heavy atom. The molecule has 154 valence electrons. The van der Waals surface area contributed by atoms with Gasteiger partial charge in [0.15, 0.2) is 5.65 Å². The van der Waals surface area contributed by atoms with Crippen LogP contribution >= 0.6 is 0 Å². The average molecular weight is 398 g/mol. The summed E-state index contributed by atoms with van der Waals surface area (Å²) in [4.78, 5) is 23.3. The zero-order chi connectivity index (χ0) is 20.8. The Labute approximate surface area is 169 Å². The molecular weight excluding hydrogens is 372 g/mol. The van der Waals surface area contributed by atoms with E-state index in [2.05, 4.69) is 39.1 Å². The summed E-state index contributed by atoms with van der Waals surface area (Å²) in [5, 5.41) is 8.08. The summed E-state index contributed by atoms with van der Waals surface area (Å²) < 4.78 is 12.1. The Kier molecular flexibility index (Phi) is 6.48. The van der Waals surface area contributed by atoms with E-state index in [1.807, 2.05) is 12.1 Å². The largest absolute Gasteiger partial charge is 0.497 e. The number of hydrogen-bond donors (Lipinski definition) is 1. The van der Waals surface area contributed by atoms with Crippen molar-refractivity contribution >= 4 is 22.8 Å². The molecular formula is C20H26N6O3.